The largest absolute Gasteiger partial charge is 0.478 e. The van der Waals surface area contributed by atoms with E-state index in [1.165, 1.54) is 16.1 Å². The van der Waals surface area contributed by atoms with Crippen LogP contribution in [0.2, 0.25) is 0 Å². The molecule has 1 heterocycles. The molecule has 4 aromatic carbocycles. The normalized spacial score (nSPS) is 13.8. The summed E-state index contributed by atoms with van der Waals surface area (Å²) in [6, 6.07) is 28.7. The fourth-order valence-electron chi connectivity index (χ4n) is 5.65. The highest BCUT2D eigenvalue weighted by molar-refractivity contribution is 7.99. The monoisotopic (exact) mass is 551 g/mol. The number of anilines is 3. The molecule has 1 aliphatic heterocycles. The molecule has 206 valence electrons. The summed E-state index contributed by atoms with van der Waals surface area (Å²) in [6.07, 6.45) is 0. The molecular weight excluding hydrogens is 514 g/mol. The number of nitrogens with one attached hydrogen (secondary N) is 1. The molecule has 5 nitrogen and oxygen atoms in total. The van der Waals surface area contributed by atoms with Gasteiger partial charge in [0.1, 0.15) is 0 Å². The zero-order valence-electron chi connectivity index (χ0n) is 23.6. The molecule has 0 amide bonds. The van der Waals surface area contributed by atoms with Gasteiger partial charge in [0.15, 0.2) is 0 Å². The van der Waals surface area contributed by atoms with Gasteiger partial charge in [-0.05, 0) is 86.8 Å². The van der Waals surface area contributed by atoms with Crippen LogP contribution in [0.25, 0.3) is 11.1 Å². The first kappa shape index (κ1) is 27.7. The summed E-state index contributed by atoms with van der Waals surface area (Å²) >= 11 is 1.78. The maximum atomic E-state index is 12.4. The van der Waals surface area contributed by atoms with Gasteiger partial charge in [0, 0.05) is 58.6 Å². The van der Waals surface area contributed by atoms with Crippen molar-refractivity contribution in [3.05, 3.63) is 102 Å². The van der Waals surface area contributed by atoms with Crippen molar-refractivity contribution in [2.45, 2.75) is 43.5 Å². The van der Waals surface area contributed by atoms with E-state index >= 15 is 0 Å². The van der Waals surface area contributed by atoms with Crippen LogP contribution >= 0.6 is 11.8 Å². The molecule has 1 unspecified atom stereocenters. The number of hydrogen-bond donors (Lipinski definition) is 2. The number of carbonyl (C=O) groups is 1. The second-order valence-corrected chi connectivity index (χ2v) is 11.0. The lowest BCUT2D eigenvalue weighted by Gasteiger charge is -2.34. The van der Waals surface area contributed by atoms with Crippen LogP contribution in [0.5, 0.6) is 0 Å². The number of para-hydroxylation sites is 1. The number of aromatic carboxylic acids is 1. The Morgan fingerprint density at radius 1 is 0.750 bits per heavy atom. The van der Waals surface area contributed by atoms with Crippen molar-refractivity contribution in [3.8, 4) is 11.1 Å². The summed E-state index contributed by atoms with van der Waals surface area (Å²) in [5.74, 6) is -0.919. The predicted octanol–water partition coefficient (Wildman–Crippen LogP) is 8.41. The van der Waals surface area contributed by atoms with Crippen LogP contribution in [0, 0.1) is 0 Å². The SMILES string of the molecule is CCN(CC)c1ccc2c(c1)Sc1cc(N(CC)CC)cc(-c3ccccc3C(=O)O)c1C2Nc1ccccc1. The lowest BCUT2D eigenvalue weighted by molar-refractivity contribution is 0.0697. The molecule has 0 bridgehead atoms. The molecule has 0 fully saturated rings. The highest BCUT2D eigenvalue weighted by Gasteiger charge is 2.32. The molecule has 1 atom stereocenters. The quantitative estimate of drug-likeness (QED) is 0.206. The Morgan fingerprint density at radius 3 is 2.05 bits per heavy atom. The number of fused-ring (bicyclic) bond motifs is 2. The van der Waals surface area contributed by atoms with Crippen LogP contribution in [-0.2, 0) is 0 Å². The molecule has 0 spiro atoms. The van der Waals surface area contributed by atoms with Gasteiger partial charge in [-0.1, -0.05) is 54.2 Å². The number of benzene rings is 4. The zero-order chi connectivity index (χ0) is 28.2. The van der Waals surface area contributed by atoms with Crippen molar-refractivity contribution in [3.63, 3.8) is 0 Å². The van der Waals surface area contributed by atoms with E-state index in [-0.39, 0.29) is 6.04 Å². The van der Waals surface area contributed by atoms with E-state index in [1.807, 2.05) is 30.3 Å². The first-order valence-electron chi connectivity index (χ1n) is 14.1. The summed E-state index contributed by atoms with van der Waals surface area (Å²) in [4.78, 5) is 19.5. The van der Waals surface area contributed by atoms with E-state index in [2.05, 4.69) is 85.3 Å². The Hall–Kier alpha value is -3.90. The summed E-state index contributed by atoms with van der Waals surface area (Å²) in [5, 5.41) is 14.0. The fourth-order valence-corrected chi connectivity index (χ4v) is 6.89. The van der Waals surface area contributed by atoms with Gasteiger partial charge in [-0.2, -0.15) is 0 Å². The smallest absolute Gasteiger partial charge is 0.336 e. The van der Waals surface area contributed by atoms with Crippen LogP contribution in [0.15, 0.2) is 94.7 Å². The minimum atomic E-state index is -0.919. The van der Waals surface area contributed by atoms with Crippen molar-refractivity contribution in [2.24, 2.45) is 0 Å². The highest BCUT2D eigenvalue weighted by atomic mass is 32.2. The van der Waals surface area contributed by atoms with Gasteiger partial charge in [0.25, 0.3) is 0 Å². The van der Waals surface area contributed by atoms with Crippen LogP contribution in [0.4, 0.5) is 17.1 Å². The average Bonchev–Trinajstić information content (AvgIpc) is 2.98. The number of carboxylic acids is 1. The topological polar surface area (TPSA) is 55.8 Å². The second kappa shape index (κ2) is 12.1. The summed E-state index contributed by atoms with van der Waals surface area (Å²) in [6.45, 7) is 12.3. The first-order chi connectivity index (χ1) is 19.5. The zero-order valence-corrected chi connectivity index (χ0v) is 24.5. The second-order valence-electron chi connectivity index (χ2n) is 9.87. The summed E-state index contributed by atoms with van der Waals surface area (Å²) < 4.78 is 0. The number of carboxylic acid groups (broad SMARTS) is 1. The van der Waals surface area contributed by atoms with Crippen molar-refractivity contribution in [1.82, 2.24) is 0 Å². The summed E-state index contributed by atoms with van der Waals surface area (Å²) in [5.41, 5.74) is 7.66. The number of rotatable bonds is 10. The van der Waals surface area contributed by atoms with Gasteiger partial charge in [-0.25, -0.2) is 4.79 Å². The van der Waals surface area contributed by atoms with E-state index in [0.717, 1.165) is 59.1 Å². The highest BCUT2D eigenvalue weighted by Crippen LogP contribution is 2.52. The molecule has 0 saturated heterocycles. The van der Waals surface area contributed by atoms with E-state index in [1.54, 1.807) is 23.9 Å². The Labute approximate surface area is 241 Å². The third-order valence-electron chi connectivity index (χ3n) is 7.73. The minimum absolute atomic E-state index is 0.151. The number of nitrogens with zero attached hydrogens (tertiary/aromatic N) is 2. The van der Waals surface area contributed by atoms with Gasteiger partial charge < -0.3 is 20.2 Å². The van der Waals surface area contributed by atoms with E-state index in [4.69, 9.17) is 0 Å². The van der Waals surface area contributed by atoms with Gasteiger partial charge in [0.2, 0.25) is 0 Å². The van der Waals surface area contributed by atoms with Crippen LogP contribution in [0.1, 0.15) is 55.2 Å². The van der Waals surface area contributed by atoms with Gasteiger partial charge >= 0.3 is 5.97 Å². The Bertz CT molecular complexity index is 1500. The third-order valence-corrected chi connectivity index (χ3v) is 8.86. The molecule has 1 aliphatic rings. The van der Waals surface area contributed by atoms with Crippen molar-refractivity contribution >= 4 is 34.8 Å². The van der Waals surface area contributed by atoms with Gasteiger partial charge in [-0.15, -0.1) is 0 Å². The van der Waals surface area contributed by atoms with E-state index < -0.39 is 5.97 Å². The minimum Gasteiger partial charge on any atom is -0.478 e. The van der Waals surface area contributed by atoms with E-state index in [9.17, 15) is 9.90 Å². The maximum Gasteiger partial charge on any atom is 0.336 e. The molecular formula is C34H37N3O2S. The molecule has 5 rings (SSSR count). The van der Waals surface area contributed by atoms with Crippen LogP contribution in [-0.4, -0.2) is 37.3 Å². The molecule has 4 aromatic rings. The lowest BCUT2D eigenvalue weighted by atomic mass is 9.87. The third kappa shape index (κ3) is 5.28. The molecule has 2 N–H and O–H groups in total. The molecule has 0 aliphatic carbocycles. The Balaban J connectivity index is 1.78. The standard InChI is InChI=1S/C34H37N3O2S/c1-5-36(6-2)24-18-19-28-30(21-24)40-31-22-25(37(7-3)8-4)20-29(26-16-12-13-17-27(26)34(38)39)32(31)33(28)35-23-14-10-9-11-15-23/h9-22,33,35H,5-8H2,1-4H3,(H,38,39). The molecule has 0 aromatic heterocycles. The molecule has 0 saturated carbocycles. The molecule has 6 heteroatoms. The van der Waals surface area contributed by atoms with Crippen molar-refractivity contribution in [2.75, 3.05) is 41.3 Å². The molecule has 40 heavy (non-hydrogen) atoms. The van der Waals surface area contributed by atoms with Gasteiger partial charge in [-0.3, -0.25) is 0 Å². The maximum absolute atomic E-state index is 12.4. The van der Waals surface area contributed by atoms with Crippen LogP contribution < -0.4 is 15.1 Å². The Kier molecular flexibility index (Phi) is 8.36. The van der Waals surface area contributed by atoms with E-state index in [0.29, 0.717) is 5.56 Å². The van der Waals surface area contributed by atoms with Crippen LogP contribution in [0.3, 0.4) is 0 Å². The predicted molar refractivity (Wildman–Crippen MR) is 168 cm³/mol. The fraction of sp³-hybridized carbons (Fsp3) is 0.265. The lowest BCUT2D eigenvalue weighted by Crippen LogP contribution is -2.24. The Morgan fingerprint density at radius 2 is 1.38 bits per heavy atom. The van der Waals surface area contributed by atoms with Crippen molar-refractivity contribution < 1.29 is 9.90 Å². The number of hydrogen-bond acceptors (Lipinski definition) is 5. The summed E-state index contributed by atoms with van der Waals surface area (Å²) in [7, 11) is 0. The van der Waals surface area contributed by atoms with Crippen molar-refractivity contribution in [1.29, 1.82) is 0 Å². The molecule has 0 radical (unpaired) electrons. The average molecular weight is 552 g/mol. The van der Waals surface area contributed by atoms with Gasteiger partial charge in [0.05, 0.1) is 11.6 Å². The first-order valence-corrected chi connectivity index (χ1v) is 14.9.